The van der Waals surface area contributed by atoms with Gasteiger partial charge in [0.1, 0.15) is 0 Å². The van der Waals surface area contributed by atoms with Crippen molar-refractivity contribution in [3.8, 4) is 0 Å². The van der Waals surface area contributed by atoms with Crippen LogP contribution in [-0.2, 0) is 6.42 Å². The van der Waals surface area contributed by atoms with Gasteiger partial charge in [0.2, 0.25) is 0 Å². The van der Waals surface area contributed by atoms with Crippen molar-refractivity contribution in [2.45, 2.75) is 19.4 Å². The van der Waals surface area contributed by atoms with E-state index in [2.05, 4.69) is 10.3 Å². The van der Waals surface area contributed by atoms with E-state index in [1.807, 2.05) is 4.90 Å². The van der Waals surface area contributed by atoms with Gasteiger partial charge in [-0.3, -0.25) is 0 Å². The molecule has 4 nitrogen and oxygen atoms in total. The van der Waals surface area contributed by atoms with Crippen LogP contribution in [0.2, 0.25) is 0 Å². The molecule has 1 aliphatic rings. The number of rotatable bonds is 3. The van der Waals surface area contributed by atoms with Crippen LogP contribution in [0.1, 0.15) is 12.5 Å². The highest BCUT2D eigenvalue weighted by Crippen LogP contribution is 2.18. The molecule has 2 N–H and O–H groups in total. The average molecular weight is 239 g/mol. The van der Waals surface area contributed by atoms with Crippen molar-refractivity contribution in [1.29, 1.82) is 0 Å². The monoisotopic (exact) mass is 239 g/mol. The fraction of sp³-hybridized carbons (Fsp3) is 0.583. The van der Waals surface area contributed by atoms with Crippen LogP contribution in [0.15, 0.2) is 12.3 Å². The summed E-state index contributed by atoms with van der Waals surface area (Å²) in [5, 5.41) is 12.5. The number of anilines is 1. The molecule has 0 aliphatic carbocycles. The van der Waals surface area contributed by atoms with E-state index in [-0.39, 0.29) is 5.82 Å². The number of nitrogens with one attached hydrogen (secondary N) is 1. The zero-order valence-corrected chi connectivity index (χ0v) is 9.99. The molecule has 1 atom stereocenters. The third-order valence-electron chi connectivity index (χ3n) is 2.83. The first-order valence-corrected chi connectivity index (χ1v) is 5.95. The van der Waals surface area contributed by atoms with Crippen LogP contribution in [0.25, 0.3) is 0 Å². The summed E-state index contributed by atoms with van der Waals surface area (Å²) in [5.41, 5.74) is 0.733. The first-order valence-electron chi connectivity index (χ1n) is 5.95. The second-order valence-corrected chi connectivity index (χ2v) is 4.44. The molecular formula is C12H18FN3O. The highest BCUT2D eigenvalue weighted by Gasteiger charge is 2.16. The summed E-state index contributed by atoms with van der Waals surface area (Å²) in [7, 11) is 0. The quantitative estimate of drug-likeness (QED) is 0.809. The summed E-state index contributed by atoms with van der Waals surface area (Å²) in [6.07, 6.45) is 1.61. The lowest BCUT2D eigenvalue weighted by Gasteiger charge is -2.28. The maximum absolute atomic E-state index is 13.9. The second-order valence-electron chi connectivity index (χ2n) is 4.44. The van der Waals surface area contributed by atoms with E-state index in [4.69, 9.17) is 0 Å². The van der Waals surface area contributed by atoms with Crippen LogP contribution in [0.5, 0.6) is 0 Å². The third-order valence-corrected chi connectivity index (χ3v) is 2.83. The molecule has 0 spiro atoms. The normalized spacial score (nSPS) is 18.2. The lowest BCUT2D eigenvalue weighted by Crippen LogP contribution is -2.44. The van der Waals surface area contributed by atoms with Gasteiger partial charge in [-0.05, 0) is 25.0 Å². The topological polar surface area (TPSA) is 48.4 Å². The van der Waals surface area contributed by atoms with E-state index >= 15 is 0 Å². The van der Waals surface area contributed by atoms with E-state index in [0.717, 1.165) is 31.7 Å². The van der Waals surface area contributed by atoms with Gasteiger partial charge in [0, 0.05) is 32.4 Å². The number of pyridine rings is 1. The van der Waals surface area contributed by atoms with Crippen molar-refractivity contribution >= 4 is 5.82 Å². The van der Waals surface area contributed by atoms with Crippen molar-refractivity contribution in [3.05, 3.63) is 23.6 Å². The third kappa shape index (κ3) is 3.14. The zero-order chi connectivity index (χ0) is 12.3. The number of hydrogen-bond donors (Lipinski definition) is 2. The Balaban J connectivity index is 2.13. The number of aliphatic hydroxyl groups excluding tert-OH is 1. The van der Waals surface area contributed by atoms with Crippen LogP contribution in [-0.4, -0.2) is 42.4 Å². The minimum atomic E-state index is -0.471. The molecule has 94 valence electrons. The predicted molar refractivity (Wildman–Crippen MR) is 64.7 cm³/mol. The van der Waals surface area contributed by atoms with Gasteiger partial charge in [-0.2, -0.15) is 0 Å². The summed E-state index contributed by atoms with van der Waals surface area (Å²) in [6, 6.07) is 1.47. The first kappa shape index (κ1) is 12.3. The van der Waals surface area contributed by atoms with E-state index < -0.39 is 6.10 Å². The largest absolute Gasteiger partial charge is 0.393 e. The van der Waals surface area contributed by atoms with Gasteiger partial charge in [-0.15, -0.1) is 0 Å². The Morgan fingerprint density at radius 3 is 2.82 bits per heavy atom. The van der Waals surface area contributed by atoms with Crippen LogP contribution in [0, 0.1) is 5.82 Å². The molecule has 1 aromatic heterocycles. The Morgan fingerprint density at radius 2 is 2.24 bits per heavy atom. The standard InChI is InChI=1S/C12H18FN3O/c1-9(17)6-10-7-11(13)12(15-8-10)16-4-2-14-3-5-16/h7-9,14,17H,2-6H2,1H3. The predicted octanol–water partition coefficient (Wildman–Crippen LogP) is 0.554. The van der Waals surface area contributed by atoms with Gasteiger partial charge in [0.25, 0.3) is 0 Å². The Morgan fingerprint density at radius 1 is 1.53 bits per heavy atom. The van der Waals surface area contributed by atoms with Gasteiger partial charge in [-0.25, -0.2) is 9.37 Å². The Bertz CT molecular complexity index is 378. The number of halogens is 1. The molecular weight excluding hydrogens is 221 g/mol. The fourth-order valence-corrected chi connectivity index (χ4v) is 2.03. The minimum absolute atomic E-state index is 0.301. The number of aromatic nitrogens is 1. The van der Waals surface area contributed by atoms with Gasteiger partial charge < -0.3 is 15.3 Å². The van der Waals surface area contributed by atoms with E-state index in [9.17, 15) is 9.50 Å². The maximum atomic E-state index is 13.9. The molecule has 0 saturated carbocycles. The summed E-state index contributed by atoms with van der Waals surface area (Å²) in [6.45, 7) is 4.95. The van der Waals surface area contributed by atoms with Crippen molar-refractivity contribution in [1.82, 2.24) is 10.3 Å². The fourth-order valence-electron chi connectivity index (χ4n) is 2.03. The molecule has 2 heterocycles. The van der Waals surface area contributed by atoms with Gasteiger partial charge >= 0.3 is 0 Å². The van der Waals surface area contributed by atoms with Crippen molar-refractivity contribution in [2.75, 3.05) is 31.1 Å². The molecule has 1 aromatic rings. The molecule has 0 bridgehead atoms. The summed E-state index contributed by atoms with van der Waals surface area (Å²) >= 11 is 0. The number of hydrogen-bond acceptors (Lipinski definition) is 4. The van der Waals surface area contributed by atoms with Gasteiger partial charge in [0.15, 0.2) is 11.6 Å². The van der Waals surface area contributed by atoms with Crippen LogP contribution in [0.4, 0.5) is 10.2 Å². The van der Waals surface area contributed by atoms with E-state index in [1.165, 1.54) is 6.07 Å². The molecule has 1 unspecified atom stereocenters. The molecule has 2 rings (SSSR count). The number of aliphatic hydroxyl groups is 1. The average Bonchev–Trinajstić information content (AvgIpc) is 2.29. The molecule has 0 radical (unpaired) electrons. The Hall–Kier alpha value is -1.20. The van der Waals surface area contributed by atoms with Crippen LogP contribution < -0.4 is 10.2 Å². The number of piperazine rings is 1. The molecule has 0 aromatic carbocycles. The maximum Gasteiger partial charge on any atom is 0.165 e. The zero-order valence-electron chi connectivity index (χ0n) is 9.99. The highest BCUT2D eigenvalue weighted by molar-refractivity contribution is 5.41. The Kier molecular flexibility index (Phi) is 3.91. The summed E-state index contributed by atoms with van der Waals surface area (Å²) in [4.78, 5) is 6.11. The smallest absolute Gasteiger partial charge is 0.165 e. The first-order chi connectivity index (χ1) is 8.16. The SMILES string of the molecule is CC(O)Cc1cnc(N2CCNCC2)c(F)c1. The molecule has 17 heavy (non-hydrogen) atoms. The molecule has 5 heteroatoms. The van der Waals surface area contributed by atoms with Crippen molar-refractivity contribution in [3.63, 3.8) is 0 Å². The van der Waals surface area contributed by atoms with Gasteiger partial charge in [0.05, 0.1) is 6.10 Å². The van der Waals surface area contributed by atoms with E-state index in [0.29, 0.717) is 12.2 Å². The van der Waals surface area contributed by atoms with Gasteiger partial charge in [-0.1, -0.05) is 0 Å². The minimum Gasteiger partial charge on any atom is -0.393 e. The number of nitrogens with zero attached hydrogens (tertiary/aromatic N) is 2. The van der Waals surface area contributed by atoms with Crippen molar-refractivity contribution in [2.24, 2.45) is 0 Å². The second kappa shape index (κ2) is 5.42. The lowest BCUT2D eigenvalue weighted by molar-refractivity contribution is 0.195. The molecule has 1 saturated heterocycles. The highest BCUT2D eigenvalue weighted by atomic mass is 19.1. The van der Waals surface area contributed by atoms with Crippen LogP contribution in [0.3, 0.4) is 0 Å². The van der Waals surface area contributed by atoms with E-state index in [1.54, 1.807) is 13.1 Å². The lowest BCUT2D eigenvalue weighted by atomic mass is 10.1. The molecule has 1 fully saturated rings. The summed E-state index contributed by atoms with van der Waals surface area (Å²) in [5.74, 6) is 0.117. The summed E-state index contributed by atoms with van der Waals surface area (Å²) < 4.78 is 13.9. The van der Waals surface area contributed by atoms with Crippen molar-refractivity contribution < 1.29 is 9.50 Å². The molecule has 0 amide bonds. The molecule has 1 aliphatic heterocycles. The Labute approximate surface area is 100 Å². The van der Waals surface area contributed by atoms with Crippen LogP contribution >= 0.6 is 0 Å².